The number of rotatable bonds is 4. The molecule has 3 rings (SSSR count). The molecular weight excluding hydrogens is 352 g/mol. The Balaban J connectivity index is 2.34. The average molecular weight is 374 g/mol. The van der Waals surface area contributed by atoms with Gasteiger partial charge in [-0.25, -0.2) is 4.79 Å². The number of carbonyl (C=O) groups is 3. The van der Waals surface area contributed by atoms with Gasteiger partial charge in [-0.1, -0.05) is 12.2 Å². The van der Waals surface area contributed by atoms with E-state index in [9.17, 15) is 29.7 Å². The molecule has 2 amide bonds. The number of hydrogen-bond donors (Lipinski definition) is 4. The Morgan fingerprint density at radius 1 is 1.26 bits per heavy atom. The number of amides is 2. The summed E-state index contributed by atoms with van der Waals surface area (Å²) >= 11 is 0. The Labute approximate surface area is 156 Å². The first-order valence-electron chi connectivity index (χ1n) is 8.71. The lowest BCUT2D eigenvalue weighted by molar-refractivity contribution is -0.153. The fraction of sp³-hybridized carbons (Fsp3) is 0.421. The SMILES string of the molecule is C/C=C\CC[C@@]12NC(=O)C[C@@H](C(=O)O)N1C(=O)c1c(C)c(O)c(C)c(O)c12. The summed E-state index contributed by atoms with van der Waals surface area (Å²) in [6.07, 6.45) is 3.92. The Bertz CT molecular complexity index is 891. The molecule has 0 saturated carbocycles. The molecule has 2 aliphatic heterocycles. The number of nitrogens with one attached hydrogen (secondary N) is 1. The highest BCUT2D eigenvalue weighted by molar-refractivity contribution is 6.07. The number of aromatic hydroxyl groups is 2. The summed E-state index contributed by atoms with van der Waals surface area (Å²) in [6, 6.07) is -1.36. The van der Waals surface area contributed by atoms with Gasteiger partial charge in [0.05, 0.1) is 17.5 Å². The maximum absolute atomic E-state index is 13.2. The lowest BCUT2D eigenvalue weighted by Crippen LogP contribution is -2.66. The van der Waals surface area contributed by atoms with E-state index in [1.54, 1.807) is 0 Å². The van der Waals surface area contributed by atoms with Crippen LogP contribution in [-0.2, 0) is 15.3 Å². The van der Waals surface area contributed by atoms with Gasteiger partial charge in [0.2, 0.25) is 5.91 Å². The summed E-state index contributed by atoms with van der Waals surface area (Å²) in [5, 5.41) is 33.4. The molecule has 1 aromatic rings. The topological polar surface area (TPSA) is 127 Å². The van der Waals surface area contributed by atoms with Gasteiger partial charge in [-0.05, 0) is 33.6 Å². The molecule has 2 atom stereocenters. The molecule has 0 radical (unpaired) electrons. The van der Waals surface area contributed by atoms with Crippen LogP contribution in [0.2, 0.25) is 0 Å². The molecule has 8 heteroatoms. The quantitative estimate of drug-likeness (QED) is 0.594. The first kappa shape index (κ1) is 18.8. The zero-order valence-electron chi connectivity index (χ0n) is 15.4. The Morgan fingerprint density at radius 3 is 2.52 bits per heavy atom. The van der Waals surface area contributed by atoms with E-state index < -0.39 is 29.5 Å². The van der Waals surface area contributed by atoms with Crippen LogP contribution in [0.5, 0.6) is 11.5 Å². The summed E-state index contributed by atoms with van der Waals surface area (Å²) in [5.74, 6) is -2.96. The van der Waals surface area contributed by atoms with Gasteiger partial charge in [-0.2, -0.15) is 0 Å². The van der Waals surface area contributed by atoms with E-state index in [0.717, 1.165) is 4.90 Å². The lowest BCUT2D eigenvalue weighted by Gasteiger charge is -2.46. The van der Waals surface area contributed by atoms with Crippen LogP contribution in [0, 0.1) is 13.8 Å². The van der Waals surface area contributed by atoms with Crippen LogP contribution in [0.1, 0.15) is 53.2 Å². The minimum Gasteiger partial charge on any atom is -0.507 e. The van der Waals surface area contributed by atoms with Crippen LogP contribution in [0.25, 0.3) is 0 Å². The highest BCUT2D eigenvalue weighted by atomic mass is 16.4. The zero-order chi connectivity index (χ0) is 20.1. The van der Waals surface area contributed by atoms with E-state index in [4.69, 9.17) is 0 Å². The third kappa shape index (κ3) is 2.47. The first-order chi connectivity index (χ1) is 12.7. The number of carboxylic acid groups (broad SMARTS) is 1. The molecule has 2 aliphatic rings. The van der Waals surface area contributed by atoms with Crippen LogP contribution in [0.15, 0.2) is 12.2 Å². The van der Waals surface area contributed by atoms with E-state index >= 15 is 0 Å². The summed E-state index contributed by atoms with van der Waals surface area (Å²) in [5.41, 5.74) is -0.840. The molecule has 0 spiro atoms. The highest BCUT2D eigenvalue weighted by Gasteiger charge is 2.59. The van der Waals surface area contributed by atoms with Crippen LogP contribution < -0.4 is 5.32 Å². The van der Waals surface area contributed by atoms with E-state index in [1.807, 2.05) is 19.1 Å². The van der Waals surface area contributed by atoms with Crippen LogP contribution in [0.3, 0.4) is 0 Å². The van der Waals surface area contributed by atoms with Crippen molar-refractivity contribution in [1.82, 2.24) is 10.2 Å². The molecular formula is C19H22N2O6. The van der Waals surface area contributed by atoms with E-state index in [-0.39, 0.29) is 46.6 Å². The Hall–Kier alpha value is -3.03. The minimum absolute atomic E-state index is 0.0459. The third-order valence-corrected chi connectivity index (χ3v) is 5.42. The molecule has 2 heterocycles. The number of hydrogen-bond acceptors (Lipinski definition) is 5. The first-order valence-corrected chi connectivity index (χ1v) is 8.71. The van der Waals surface area contributed by atoms with Crippen molar-refractivity contribution in [3.63, 3.8) is 0 Å². The third-order valence-electron chi connectivity index (χ3n) is 5.42. The molecule has 0 bridgehead atoms. The van der Waals surface area contributed by atoms with Gasteiger partial charge in [0.15, 0.2) is 0 Å². The Kier molecular flexibility index (Phi) is 4.37. The second-order valence-corrected chi connectivity index (χ2v) is 6.95. The van der Waals surface area contributed by atoms with Gasteiger partial charge in [-0.3, -0.25) is 14.5 Å². The van der Waals surface area contributed by atoms with E-state index in [0.29, 0.717) is 6.42 Å². The molecule has 0 aromatic heterocycles. The summed E-state index contributed by atoms with van der Waals surface area (Å²) < 4.78 is 0. The predicted octanol–water partition coefficient (Wildman–Crippen LogP) is 1.65. The molecule has 27 heavy (non-hydrogen) atoms. The van der Waals surface area contributed by atoms with Gasteiger partial charge >= 0.3 is 5.97 Å². The normalized spacial score (nSPS) is 24.1. The van der Waals surface area contributed by atoms with Gasteiger partial charge in [0.25, 0.3) is 5.91 Å². The predicted molar refractivity (Wildman–Crippen MR) is 95.3 cm³/mol. The average Bonchev–Trinajstić information content (AvgIpc) is 2.86. The molecule has 8 nitrogen and oxygen atoms in total. The minimum atomic E-state index is -1.47. The van der Waals surface area contributed by atoms with Crippen molar-refractivity contribution in [1.29, 1.82) is 0 Å². The van der Waals surface area contributed by atoms with E-state index in [2.05, 4.69) is 5.32 Å². The molecule has 1 fully saturated rings. The second kappa shape index (κ2) is 6.29. The molecule has 1 saturated heterocycles. The van der Waals surface area contributed by atoms with Crippen molar-refractivity contribution in [2.45, 2.75) is 51.7 Å². The van der Waals surface area contributed by atoms with Crippen molar-refractivity contribution in [3.05, 3.63) is 34.4 Å². The summed E-state index contributed by atoms with van der Waals surface area (Å²) in [7, 11) is 0. The summed E-state index contributed by atoms with van der Waals surface area (Å²) in [6.45, 7) is 4.87. The standard InChI is InChI=1S/C19H22N2O6/c1-4-5-6-7-19-14-13(9(2)15(23)10(3)16(14)24)17(25)21(19)11(18(26)27)8-12(22)20-19/h4-5,11,23-24H,6-8H2,1-3H3,(H,20,22)(H,26,27)/b5-4-/t11-,19+/m0/s1. The van der Waals surface area contributed by atoms with Crippen molar-refractivity contribution >= 4 is 17.8 Å². The van der Waals surface area contributed by atoms with Crippen LogP contribution in [-0.4, -0.2) is 44.0 Å². The van der Waals surface area contributed by atoms with Crippen molar-refractivity contribution in [3.8, 4) is 11.5 Å². The van der Waals surface area contributed by atoms with Gasteiger partial charge in [0, 0.05) is 11.1 Å². The molecule has 0 unspecified atom stereocenters. The second-order valence-electron chi connectivity index (χ2n) is 6.95. The van der Waals surface area contributed by atoms with E-state index in [1.165, 1.54) is 13.8 Å². The largest absolute Gasteiger partial charge is 0.507 e. The van der Waals surface area contributed by atoms with Crippen molar-refractivity contribution in [2.75, 3.05) is 0 Å². The molecule has 144 valence electrons. The Morgan fingerprint density at radius 2 is 1.93 bits per heavy atom. The highest BCUT2D eigenvalue weighted by Crippen LogP contribution is 2.52. The summed E-state index contributed by atoms with van der Waals surface area (Å²) in [4.78, 5) is 38.5. The fourth-order valence-corrected chi connectivity index (χ4v) is 4.13. The maximum atomic E-state index is 13.2. The number of carboxylic acids is 1. The van der Waals surface area contributed by atoms with Crippen molar-refractivity contribution in [2.24, 2.45) is 0 Å². The van der Waals surface area contributed by atoms with Gasteiger partial charge in [0.1, 0.15) is 23.2 Å². The van der Waals surface area contributed by atoms with Crippen LogP contribution >= 0.6 is 0 Å². The maximum Gasteiger partial charge on any atom is 0.327 e. The molecule has 1 aromatic carbocycles. The van der Waals surface area contributed by atoms with Crippen LogP contribution in [0.4, 0.5) is 0 Å². The monoisotopic (exact) mass is 374 g/mol. The number of benzene rings is 1. The molecule has 0 aliphatic carbocycles. The number of phenols is 2. The number of carbonyl (C=O) groups excluding carboxylic acids is 2. The number of fused-ring (bicyclic) bond motifs is 3. The number of phenolic OH excluding ortho intramolecular Hbond substituents is 2. The zero-order valence-corrected chi connectivity index (χ0v) is 15.4. The number of aliphatic carboxylic acids is 1. The van der Waals surface area contributed by atoms with Crippen molar-refractivity contribution < 1.29 is 29.7 Å². The number of allylic oxidation sites excluding steroid dienone is 2. The number of nitrogens with zero attached hydrogens (tertiary/aromatic N) is 1. The van der Waals surface area contributed by atoms with Gasteiger partial charge < -0.3 is 20.6 Å². The molecule has 4 N–H and O–H groups in total. The lowest BCUT2D eigenvalue weighted by atomic mass is 9.86. The van der Waals surface area contributed by atoms with Gasteiger partial charge in [-0.15, -0.1) is 0 Å². The fourth-order valence-electron chi connectivity index (χ4n) is 4.13. The smallest absolute Gasteiger partial charge is 0.327 e.